The number of hydrogen-bond donors (Lipinski definition) is 1. The molecule has 2 rings (SSSR count). The maximum Gasteiger partial charge on any atom is 0.222 e. The molecule has 1 amide bonds. The van der Waals surface area contributed by atoms with E-state index in [0.717, 1.165) is 38.9 Å². The van der Waals surface area contributed by atoms with Crippen LogP contribution in [0.25, 0.3) is 0 Å². The summed E-state index contributed by atoms with van der Waals surface area (Å²) in [7, 11) is 0. The zero-order chi connectivity index (χ0) is 17.4. The molecule has 0 aromatic heterocycles. The van der Waals surface area contributed by atoms with Crippen LogP contribution in [0.2, 0.25) is 10.0 Å². The van der Waals surface area contributed by atoms with Crippen LogP contribution in [-0.2, 0) is 4.79 Å². The highest BCUT2D eigenvalue weighted by atomic mass is 35.5. The van der Waals surface area contributed by atoms with Gasteiger partial charge >= 0.3 is 0 Å². The van der Waals surface area contributed by atoms with Gasteiger partial charge in [0.1, 0.15) is 5.75 Å². The number of benzene rings is 1. The molecule has 0 spiro atoms. The van der Waals surface area contributed by atoms with Crippen molar-refractivity contribution in [1.82, 2.24) is 10.2 Å². The number of carbonyl (C=O) groups is 1. The third-order valence-electron chi connectivity index (χ3n) is 4.22. The quantitative estimate of drug-likeness (QED) is 0.697. The van der Waals surface area contributed by atoms with Crippen LogP contribution >= 0.6 is 23.2 Å². The number of ether oxygens (including phenoxy) is 1. The minimum Gasteiger partial charge on any atom is -0.492 e. The number of hydrogen-bond acceptors (Lipinski definition) is 3. The Morgan fingerprint density at radius 3 is 2.75 bits per heavy atom. The largest absolute Gasteiger partial charge is 0.492 e. The molecule has 1 N–H and O–H groups in total. The molecule has 0 bridgehead atoms. The van der Waals surface area contributed by atoms with Crippen molar-refractivity contribution in [3.05, 3.63) is 28.2 Å². The molecular weight excluding hydrogens is 347 g/mol. The molecule has 1 aliphatic rings. The Balaban J connectivity index is 1.77. The van der Waals surface area contributed by atoms with E-state index in [1.54, 1.807) is 18.2 Å². The highest BCUT2D eigenvalue weighted by Crippen LogP contribution is 2.27. The van der Waals surface area contributed by atoms with Gasteiger partial charge in [0.05, 0.1) is 11.6 Å². The second kappa shape index (κ2) is 10.1. The lowest BCUT2D eigenvalue weighted by Crippen LogP contribution is -2.46. The number of nitrogens with one attached hydrogen (secondary N) is 1. The second-order valence-corrected chi connectivity index (χ2v) is 6.94. The molecule has 134 valence electrons. The van der Waals surface area contributed by atoms with Gasteiger partial charge in [-0.05, 0) is 57.0 Å². The SMILES string of the molecule is CCCN(C(=O)CCCOc1ccc(Cl)cc1Cl)C1CCNCC1. The Kier molecular flexibility index (Phi) is 8.16. The van der Waals surface area contributed by atoms with Gasteiger partial charge in [0, 0.05) is 24.0 Å². The van der Waals surface area contributed by atoms with Crippen molar-refractivity contribution in [3.8, 4) is 5.75 Å². The fraction of sp³-hybridized carbons (Fsp3) is 0.611. The van der Waals surface area contributed by atoms with Crippen LogP contribution in [0.4, 0.5) is 0 Å². The Labute approximate surface area is 154 Å². The summed E-state index contributed by atoms with van der Waals surface area (Å²) in [5, 5.41) is 4.43. The van der Waals surface area contributed by atoms with Crippen LogP contribution in [0.3, 0.4) is 0 Å². The van der Waals surface area contributed by atoms with Gasteiger partial charge in [0.25, 0.3) is 0 Å². The molecule has 0 aliphatic carbocycles. The van der Waals surface area contributed by atoms with Gasteiger partial charge in [-0.25, -0.2) is 0 Å². The molecule has 1 aromatic carbocycles. The molecule has 24 heavy (non-hydrogen) atoms. The van der Waals surface area contributed by atoms with E-state index < -0.39 is 0 Å². The van der Waals surface area contributed by atoms with E-state index in [9.17, 15) is 4.79 Å². The third kappa shape index (κ3) is 5.83. The van der Waals surface area contributed by atoms with E-state index in [4.69, 9.17) is 27.9 Å². The molecular formula is C18H26Cl2N2O2. The van der Waals surface area contributed by atoms with Gasteiger partial charge in [0.2, 0.25) is 5.91 Å². The molecule has 1 heterocycles. The highest BCUT2D eigenvalue weighted by molar-refractivity contribution is 6.35. The van der Waals surface area contributed by atoms with Crippen molar-refractivity contribution in [2.45, 2.75) is 45.1 Å². The summed E-state index contributed by atoms with van der Waals surface area (Å²) in [5.41, 5.74) is 0. The van der Waals surface area contributed by atoms with Crippen molar-refractivity contribution < 1.29 is 9.53 Å². The smallest absolute Gasteiger partial charge is 0.222 e. The molecule has 1 saturated heterocycles. The van der Waals surface area contributed by atoms with E-state index in [1.807, 2.05) is 0 Å². The van der Waals surface area contributed by atoms with Crippen molar-refractivity contribution in [3.63, 3.8) is 0 Å². The minimum atomic E-state index is 0.231. The maximum absolute atomic E-state index is 12.6. The number of carbonyl (C=O) groups excluding carboxylic acids is 1. The summed E-state index contributed by atoms with van der Waals surface area (Å²) >= 11 is 11.9. The van der Waals surface area contributed by atoms with E-state index >= 15 is 0 Å². The first-order valence-electron chi connectivity index (χ1n) is 8.70. The van der Waals surface area contributed by atoms with E-state index in [1.165, 1.54) is 0 Å². The molecule has 1 aromatic rings. The first-order valence-corrected chi connectivity index (χ1v) is 9.45. The first-order chi connectivity index (χ1) is 11.6. The highest BCUT2D eigenvalue weighted by Gasteiger charge is 2.24. The van der Waals surface area contributed by atoms with Crippen LogP contribution in [0, 0.1) is 0 Å². The van der Waals surface area contributed by atoms with Crippen molar-refractivity contribution in [2.75, 3.05) is 26.2 Å². The fourth-order valence-electron chi connectivity index (χ4n) is 3.01. The van der Waals surface area contributed by atoms with Gasteiger partial charge in [0.15, 0.2) is 0 Å². The zero-order valence-electron chi connectivity index (χ0n) is 14.2. The van der Waals surface area contributed by atoms with Gasteiger partial charge in [-0.3, -0.25) is 4.79 Å². The average molecular weight is 373 g/mol. The van der Waals surface area contributed by atoms with Crippen LogP contribution in [-0.4, -0.2) is 43.1 Å². The van der Waals surface area contributed by atoms with Gasteiger partial charge in [-0.2, -0.15) is 0 Å². The van der Waals surface area contributed by atoms with Crippen LogP contribution in [0.1, 0.15) is 39.0 Å². The van der Waals surface area contributed by atoms with Gasteiger partial charge in [-0.1, -0.05) is 30.1 Å². The topological polar surface area (TPSA) is 41.6 Å². The zero-order valence-corrected chi connectivity index (χ0v) is 15.7. The average Bonchev–Trinajstić information content (AvgIpc) is 2.58. The first kappa shape index (κ1) is 19.4. The number of piperidine rings is 1. The van der Waals surface area contributed by atoms with Gasteiger partial charge < -0.3 is 15.0 Å². The molecule has 0 unspecified atom stereocenters. The third-order valence-corrected chi connectivity index (χ3v) is 4.75. The molecule has 1 aliphatic heterocycles. The van der Waals surface area contributed by atoms with Crippen molar-refractivity contribution >= 4 is 29.1 Å². The molecule has 6 heteroatoms. The predicted molar refractivity (Wildman–Crippen MR) is 99.1 cm³/mol. The van der Waals surface area contributed by atoms with E-state index in [0.29, 0.717) is 41.3 Å². The summed E-state index contributed by atoms with van der Waals surface area (Å²) in [6, 6.07) is 5.54. The van der Waals surface area contributed by atoms with Crippen LogP contribution in [0.5, 0.6) is 5.75 Å². The van der Waals surface area contributed by atoms with Crippen molar-refractivity contribution in [2.24, 2.45) is 0 Å². The lowest BCUT2D eigenvalue weighted by Gasteiger charge is -2.34. The Morgan fingerprint density at radius 2 is 2.08 bits per heavy atom. The predicted octanol–water partition coefficient (Wildman–Crippen LogP) is 4.14. The number of halogens is 2. The monoisotopic (exact) mass is 372 g/mol. The molecule has 0 atom stereocenters. The number of amides is 1. The Hall–Kier alpha value is -0.970. The summed E-state index contributed by atoms with van der Waals surface area (Å²) in [4.78, 5) is 14.6. The Morgan fingerprint density at radius 1 is 1.33 bits per heavy atom. The molecule has 0 saturated carbocycles. The van der Waals surface area contributed by atoms with Crippen LogP contribution in [0.15, 0.2) is 18.2 Å². The lowest BCUT2D eigenvalue weighted by molar-refractivity contribution is -0.134. The molecule has 1 fully saturated rings. The number of nitrogens with zero attached hydrogens (tertiary/aromatic N) is 1. The van der Waals surface area contributed by atoms with E-state index in [2.05, 4.69) is 17.1 Å². The standard InChI is InChI=1S/C18H26Cl2N2O2/c1-2-11-22(15-7-9-21-10-8-15)18(23)4-3-12-24-17-6-5-14(19)13-16(17)20/h5-6,13,15,21H,2-4,7-12H2,1H3. The number of rotatable bonds is 8. The summed E-state index contributed by atoms with van der Waals surface area (Å²) in [6.45, 7) is 5.42. The van der Waals surface area contributed by atoms with E-state index in [-0.39, 0.29) is 5.91 Å². The molecule has 4 nitrogen and oxygen atoms in total. The van der Waals surface area contributed by atoms with Gasteiger partial charge in [-0.15, -0.1) is 0 Å². The normalized spacial score (nSPS) is 15.3. The van der Waals surface area contributed by atoms with Crippen LogP contribution < -0.4 is 10.1 Å². The summed E-state index contributed by atoms with van der Waals surface area (Å²) in [6.07, 6.45) is 4.27. The summed E-state index contributed by atoms with van der Waals surface area (Å²) in [5.74, 6) is 0.840. The second-order valence-electron chi connectivity index (χ2n) is 6.10. The lowest BCUT2D eigenvalue weighted by atomic mass is 10.0. The minimum absolute atomic E-state index is 0.231. The fourth-order valence-corrected chi connectivity index (χ4v) is 3.47. The summed E-state index contributed by atoms with van der Waals surface area (Å²) < 4.78 is 5.66. The Bertz CT molecular complexity index is 534. The van der Waals surface area contributed by atoms with Crippen molar-refractivity contribution in [1.29, 1.82) is 0 Å². The molecule has 0 radical (unpaired) electrons. The maximum atomic E-state index is 12.6.